The zero-order valence-electron chi connectivity index (χ0n) is 13.4. The van der Waals surface area contributed by atoms with Gasteiger partial charge >= 0.3 is 0 Å². The van der Waals surface area contributed by atoms with Crippen LogP contribution in [0.2, 0.25) is 0 Å². The fourth-order valence-corrected chi connectivity index (χ4v) is 2.85. The minimum atomic E-state index is 0.0987. The second kappa shape index (κ2) is 8.19. The molecule has 0 radical (unpaired) electrons. The molecule has 2 rings (SSSR count). The molecule has 2 aromatic rings. The maximum atomic E-state index is 12.4. The largest absolute Gasteiger partial charge is 0.385 e. The molecular weight excluding hydrogens is 298 g/mol. The molecule has 0 bridgehead atoms. The molecule has 22 heavy (non-hydrogen) atoms. The summed E-state index contributed by atoms with van der Waals surface area (Å²) in [5.74, 6) is 1.85. The van der Waals surface area contributed by atoms with E-state index < -0.39 is 0 Å². The van der Waals surface area contributed by atoms with Crippen LogP contribution in [-0.2, 0) is 21.8 Å². The predicted octanol–water partition coefficient (Wildman–Crippen LogP) is 2.39. The maximum Gasteiger partial charge on any atom is 0.242 e. The van der Waals surface area contributed by atoms with E-state index >= 15 is 0 Å². The minimum absolute atomic E-state index is 0.0987. The Labute approximate surface area is 135 Å². The molecule has 0 saturated carbocycles. The lowest BCUT2D eigenvalue weighted by Gasteiger charge is -2.18. The van der Waals surface area contributed by atoms with E-state index in [2.05, 4.69) is 4.98 Å². The highest BCUT2D eigenvalue weighted by atomic mass is 32.2. The van der Waals surface area contributed by atoms with Crippen molar-refractivity contribution in [3.05, 3.63) is 30.1 Å². The Morgan fingerprint density at radius 2 is 2.18 bits per heavy atom. The summed E-state index contributed by atoms with van der Waals surface area (Å²) >= 11 is 1.71. The quantitative estimate of drug-likeness (QED) is 0.701. The van der Waals surface area contributed by atoms with Crippen LogP contribution in [0.4, 0.5) is 0 Å². The van der Waals surface area contributed by atoms with Gasteiger partial charge in [0.15, 0.2) is 0 Å². The summed E-state index contributed by atoms with van der Waals surface area (Å²) in [5, 5.41) is 0. The zero-order chi connectivity index (χ0) is 15.9. The van der Waals surface area contributed by atoms with Gasteiger partial charge in [-0.05, 0) is 24.8 Å². The number of benzene rings is 1. The fraction of sp³-hybridized carbons (Fsp3) is 0.500. The molecule has 0 fully saturated rings. The highest BCUT2D eigenvalue weighted by molar-refractivity contribution is 7.97. The molecule has 0 unspecified atom stereocenters. The van der Waals surface area contributed by atoms with Crippen molar-refractivity contribution in [3.63, 3.8) is 0 Å². The maximum absolute atomic E-state index is 12.4. The number of likely N-dealkylation sites (N-methyl/N-ethyl adjacent to an activating group) is 1. The van der Waals surface area contributed by atoms with Crippen LogP contribution in [0, 0.1) is 0 Å². The van der Waals surface area contributed by atoms with E-state index in [9.17, 15) is 4.79 Å². The average Bonchev–Trinajstić information content (AvgIpc) is 2.85. The Balaban J connectivity index is 2.15. The van der Waals surface area contributed by atoms with E-state index in [1.165, 1.54) is 0 Å². The number of para-hydroxylation sites is 2. The Bertz CT molecular complexity index is 627. The topological polar surface area (TPSA) is 47.4 Å². The Kier molecular flexibility index (Phi) is 6.27. The SMILES string of the molecule is COCCCN(C)C(=O)Cn1c(CSC)nc2ccccc21. The lowest BCUT2D eigenvalue weighted by molar-refractivity contribution is -0.130. The molecule has 0 aliphatic rings. The second-order valence-electron chi connectivity index (χ2n) is 5.20. The molecule has 0 atom stereocenters. The van der Waals surface area contributed by atoms with E-state index in [1.54, 1.807) is 23.8 Å². The summed E-state index contributed by atoms with van der Waals surface area (Å²) in [6.45, 7) is 1.71. The molecular formula is C16H23N3O2S. The molecule has 6 heteroatoms. The van der Waals surface area contributed by atoms with Crippen LogP contribution in [0.1, 0.15) is 12.2 Å². The molecule has 1 aromatic carbocycles. The Morgan fingerprint density at radius 3 is 2.91 bits per heavy atom. The van der Waals surface area contributed by atoms with E-state index in [4.69, 9.17) is 4.74 Å². The van der Waals surface area contributed by atoms with E-state index in [-0.39, 0.29) is 5.91 Å². The van der Waals surface area contributed by atoms with Gasteiger partial charge in [0.2, 0.25) is 5.91 Å². The number of hydrogen-bond acceptors (Lipinski definition) is 4. The van der Waals surface area contributed by atoms with Crippen molar-refractivity contribution in [2.24, 2.45) is 0 Å². The van der Waals surface area contributed by atoms with Crippen molar-refractivity contribution in [1.82, 2.24) is 14.5 Å². The first-order valence-corrected chi connectivity index (χ1v) is 8.72. The number of imidazole rings is 1. The van der Waals surface area contributed by atoms with Gasteiger partial charge in [0, 0.05) is 27.3 Å². The minimum Gasteiger partial charge on any atom is -0.385 e. The highest BCUT2D eigenvalue weighted by Gasteiger charge is 2.15. The number of aromatic nitrogens is 2. The van der Waals surface area contributed by atoms with Crippen LogP contribution in [0.5, 0.6) is 0 Å². The third kappa shape index (κ3) is 4.01. The highest BCUT2D eigenvalue weighted by Crippen LogP contribution is 2.19. The number of carbonyl (C=O) groups excluding carboxylic acids is 1. The van der Waals surface area contributed by atoms with Gasteiger partial charge in [-0.2, -0.15) is 11.8 Å². The smallest absolute Gasteiger partial charge is 0.242 e. The molecule has 0 aliphatic heterocycles. The Morgan fingerprint density at radius 1 is 1.41 bits per heavy atom. The average molecular weight is 321 g/mol. The molecule has 5 nitrogen and oxygen atoms in total. The van der Waals surface area contributed by atoms with Gasteiger partial charge in [0.05, 0.1) is 16.8 Å². The van der Waals surface area contributed by atoms with Gasteiger partial charge in [-0.25, -0.2) is 4.98 Å². The van der Waals surface area contributed by atoms with Crippen molar-refractivity contribution in [3.8, 4) is 0 Å². The van der Waals surface area contributed by atoms with Crippen molar-refractivity contribution in [2.75, 3.05) is 33.6 Å². The first kappa shape index (κ1) is 16.8. The number of hydrogen-bond donors (Lipinski definition) is 0. The van der Waals surface area contributed by atoms with Crippen molar-refractivity contribution < 1.29 is 9.53 Å². The van der Waals surface area contributed by atoms with Gasteiger partial charge in [-0.3, -0.25) is 4.79 Å². The number of thioether (sulfide) groups is 1. The summed E-state index contributed by atoms with van der Waals surface area (Å²) in [5.41, 5.74) is 1.96. The number of fused-ring (bicyclic) bond motifs is 1. The first-order chi connectivity index (χ1) is 10.7. The molecule has 0 saturated heterocycles. The van der Waals surface area contributed by atoms with Gasteiger partial charge in [-0.1, -0.05) is 12.1 Å². The van der Waals surface area contributed by atoms with Gasteiger partial charge in [-0.15, -0.1) is 0 Å². The third-order valence-electron chi connectivity index (χ3n) is 3.57. The fourth-order valence-electron chi connectivity index (χ4n) is 2.37. The van der Waals surface area contributed by atoms with E-state index in [0.717, 1.165) is 29.0 Å². The number of amides is 1. The van der Waals surface area contributed by atoms with Crippen molar-refractivity contribution in [1.29, 1.82) is 0 Å². The van der Waals surface area contributed by atoms with Crippen LogP contribution in [-0.4, -0.2) is 53.9 Å². The lowest BCUT2D eigenvalue weighted by Crippen LogP contribution is -2.32. The summed E-state index contributed by atoms with van der Waals surface area (Å²) in [6, 6.07) is 7.96. The van der Waals surface area contributed by atoms with E-state index in [1.807, 2.05) is 42.1 Å². The monoisotopic (exact) mass is 321 g/mol. The van der Waals surface area contributed by atoms with Gasteiger partial charge in [0.25, 0.3) is 0 Å². The van der Waals surface area contributed by atoms with Crippen LogP contribution >= 0.6 is 11.8 Å². The molecule has 0 aliphatic carbocycles. The lowest BCUT2D eigenvalue weighted by atomic mass is 10.3. The number of nitrogens with zero attached hydrogens (tertiary/aromatic N) is 3. The van der Waals surface area contributed by atoms with Crippen LogP contribution in [0.3, 0.4) is 0 Å². The first-order valence-electron chi connectivity index (χ1n) is 7.33. The van der Waals surface area contributed by atoms with Crippen molar-refractivity contribution >= 4 is 28.7 Å². The summed E-state index contributed by atoms with van der Waals surface area (Å²) < 4.78 is 7.06. The molecule has 1 aromatic heterocycles. The predicted molar refractivity (Wildman–Crippen MR) is 91.1 cm³/mol. The third-order valence-corrected chi connectivity index (χ3v) is 4.12. The second-order valence-corrected chi connectivity index (χ2v) is 6.06. The summed E-state index contributed by atoms with van der Waals surface area (Å²) in [6.07, 6.45) is 2.89. The standard InChI is InChI=1S/C16H23N3O2S/c1-18(9-6-10-21-2)16(20)11-19-14-8-5-4-7-13(14)17-15(19)12-22-3/h4-5,7-8H,6,9-12H2,1-3H3. The molecule has 0 spiro atoms. The number of rotatable bonds is 8. The number of ether oxygens (including phenoxy) is 1. The van der Waals surface area contributed by atoms with Crippen LogP contribution in [0.25, 0.3) is 11.0 Å². The van der Waals surface area contributed by atoms with E-state index in [0.29, 0.717) is 19.7 Å². The van der Waals surface area contributed by atoms with Gasteiger partial charge in [0.1, 0.15) is 12.4 Å². The summed E-state index contributed by atoms with van der Waals surface area (Å²) in [4.78, 5) is 18.8. The van der Waals surface area contributed by atoms with Crippen LogP contribution < -0.4 is 0 Å². The normalized spacial score (nSPS) is 11.0. The van der Waals surface area contributed by atoms with Crippen LogP contribution in [0.15, 0.2) is 24.3 Å². The summed E-state index contributed by atoms with van der Waals surface area (Å²) in [7, 11) is 3.51. The number of carbonyl (C=O) groups is 1. The molecule has 1 amide bonds. The molecule has 1 heterocycles. The zero-order valence-corrected chi connectivity index (χ0v) is 14.2. The van der Waals surface area contributed by atoms with Gasteiger partial charge < -0.3 is 14.2 Å². The Hall–Kier alpha value is -1.53. The number of methoxy groups -OCH3 is 1. The van der Waals surface area contributed by atoms with Crippen molar-refractivity contribution in [2.45, 2.75) is 18.7 Å². The molecule has 0 N–H and O–H groups in total. The molecule has 120 valence electrons.